The predicted molar refractivity (Wildman–Crippen MR) is 98.1 cm³/mol. The second-order valence-corrected chi connectivity index (χ2v) is 7.89. The van der Waals surface area contributed by atoms with Gasteiger partial charge < -0.3 is 5.32 Å². The average molecular weight is 370 g/mol. The van der Waals surface area contributed by atoms with Crippen molar-refractivity contribution in [1.82, 2.24) is 0 Å². The number of carbonyl (C=O) groups excluding carboxylic acids is 1. The van der Waals surface area contributed by atoms with Crippen molar-refractivity contribution in [2.45, 2.75) is 17.9 Å². The molecular weight excluding hydrogens is 355 g/mol. The number of halogens is 1. The normalized spacial score (nSPS) is 15.8. The average Bonchev–Trinajstić information content (AvgIpc) is 2.85. The van der Waals surface area contributed by atoms with Gasteiger partial charge in [-0.15, -0.1) is 0 Å². The fraction of sp³-hybridized carbons (Fsp3) is 0.105. The van der Waals surface area contributed by atoms with E-state index in [1.165, 1.54) is 31.2 Å². The lowest BCUT2D eigenvalue weighted by molar-refractivity contribution is -0.116. The van der Waals surface area contributed by atoms with Gasteiger partial charge in [-0.1, -0.05) is 24.3 Å². The Hall–Kier alpha value is -2.93. The van der Waals surface area contributed by atoms with Crippen molar-refractivity contribution in [3.8, 4) is 0 Å². The Labute approximate surface area is 150 Å². The number of hydrogen-bond donors (Lipinski definition) is 1. The molecule has 1 atom stereocenters. The fourth-order valence-electron chi connectivity index (χ4n) is 3.22. The maximum Gasteiger partial charge on any atom is 0.265 e. The van der Waals surface area contributed by atoms with Crippen molar-refractivity contribution in [2.75, 3.05) is 9.62 Å². The van der Waals surface area contributed by atoms with Gasteiger partial charge >= 0.3 is 0 Å². The molecule has 0 fully saturated rings. The summed E-state index contributed by atoms with van der Waals surface area (Å²) in [6.07, 6.45) is 0. The lowest BCUT2D eigenvalue weighted by atomic mass is 10.1. The molecule has 3 aromatic carbocycles. The Kier molecular flexibility index (Phi) is 3.69. The molecule has 0 saturated heterocycles. The van der Waals surface area contributed by atoms with Gasteiger partial charge in [0.15, 0.2) is 0 Å². The fourth-order valence-corrected chi connectivity index (χ4v) is 5.09. The van der Waals surface area contributed by atoms with Crippen molar-refractivity contribution in [1.29, 1.82) is 0 Å². The highest BCUT2D eigenvalue weighted by Crippen LogP contribution is 2.43. The van der Waals surface area contributed by atoms with Crippen LogP contribution in [0.1, 0.15) is 6.92 Å². The number of nitrogens with one attached hydrogen (secondary N) is 1. The lowest BCUT2D eigenvalue weighted by Crippen LogP contribution is -2.43. The molecule has 7 heteroatoms. The number of benzene rings is 3. The van der Waals surface area contributed by atoms with Crippen LogP contribution >= 0.6 is 0 Å². The maximum absolute atomic E-state index is 13.0. The SMILES string of the molecule is C[C@@H](C(=O)Nc1ccc(F)cc1)N1c2cccc3cccc(c23)S1(=O)=O. The summed E-state index contributed by atoms with van der Waals surface area (Å²) in [5, 5.41) is 4.06. The van der Waals surface area contributed by atoms with Gasteiger partial charge in [-0.2, -0.15) is 0 Å². The molecule has 26 heavy (non-hydrogen) atoms. The van der Waals surface area contributed by atoms with Gasteiger partial charge in [0.1, 0.15) is 11.9 Å². The number of sulfonamides is 1. The molecule has 0 aliphatic carbocycles. The summed E-state index contributed by atoms with van der Waals surface area (Å²) in [6.45, 7) is 1.53. The van der Waals surface area contributed by atoms with Gasteiger partial charge in [0, 0.05) is 11.1 Å². The van der Waals surface area contributed by atoms with Gasteiger partial charge in [-0.3, -0.25) is 9.10 Å². The third kappa shape index (κ3) is 2.43. The highest BCUT2D eigenvalue weighted by atomic mass is 32.2. The Morgan fingerprint density at radius 1 is 1.04 bits per heavy atom. The summed E-state index contributed by atoms with van der Waals surface area (Å²) in [5.41, 5.74) is 0.885. The van der Waals surface area contributed by atoms with Crippen LogP contribution in [0.2, 0.25) is 0 Å². The minimum atomic E-state index is -3.83. The number of carbonyl (C=O) groups is 1. The molecule has 1 amide bonds. The van der Waals surface area contributed by atoms with Crippen LogP contribution in [0.4, 0.5) is 15.8 Å². The molecule has 4 rings (SSSR count). The first-order valence-electron chi connectivity index (χ1n) is 8.02. The van der Waals surface area contributed by atoms with E-state index in [1.807, 2.05) is 12.1 Å². The Bertz CT molecular complexity index is 1120. The predicted octanol–water partition coefficient (Wildman–Crippen LogP) is 3.51. The summed E-state index contributed by atoms with van der Waals surface area (Å²) in [6, 6.07) is 14.7. The van der Waals surface area contributed by atoms with E-state index in [4.69, 9.17) is 0 Å². The molecule has 3 aromatic rings. The first-order valence-corrected chi connectivity index (χ1v) is 9.46. The number of rotatable bonds is 3. The number of anilines is 2. The molecule has 0 aromatic heterocycles. The third-order valence-electron chi connectivity index (χ3n) is 4.46. The monoisotopic (exact) mass is 370 g/mol. The molecule has 0 saturated carbocycles. The minimum Gasteiger partial charge on any atom is -0.324 e. The Balaban J connectivity index is 1.72. The largest absolute Gasteiger partial charge is 0.324 e. The maximum atomic E-state index is 13.0. The van der Waals surface area contributed by atoms with E-state index in [0.29, 0.717) is 16.8 Å². The number of nitrogens with zero attached hydrogens (tertiary/aromatic N) is 1. The van der Waals surface area contributed by atoms with E-state index >= 15 is 0 Å². The molecule has 1 N–H and O–H groups in total. The second kappa shape index (κ2) is 5.81. The highest BCUT2D eigenvalue weighted by Gasteiger charge is 2.40. The molecule has 1 aliphatic heterocycles. The van der Waals surface area contributed by atoms with Crippen LogP contribution < -0.4 is 9.62 Å². The summed E-state index contributed by atoms with van der Waals surface area (Å²) in [4.78, 5) is 12.8. The smallest absolute Gasteiger partial charge is 0.265 e. The third-order valence-corrected chi connectivity index (χ3v) is 6.39. The van der Waals surface area contributed by atoms with E-state index in [-0.39, 0.29) is 4.90 Å². The van der Waals surface area contributed by atoms with E-state index < -0.39 is 27.8 Å². The topological polar surface area (TPSA) is 66.5 Å². The molecule has 0 spiro atoms. The van der Waals surface area contributed by atoms with E-state index in [9.17, 15) is 17.6 Å². The molecule has 0 bridgehead atoms. The van der Waals surface area contributed by atoms with Crippen LogP contribution in [0.15, 0.2) is 65.6 Å². The lowest BCUT2D eigenvalue weighted by Gasteiger charge is -2.25. The summed E-state index contributed by atoms with van der Waals surface area (Å²) in [7, 11) is -3.83. The molecular formula is C19H15FN2O3S. The van der Waals surface area contributed by atoms with Gasteiger partial charge in [0.05, 0.1) is 10.6 Å². The van der Waals surface area contributed by atoms with Gasteiger partial charge in [0.2, 0.25) is 5.91 Å². The van der Waals surface area contributed by atoms with E-state index in [0.717, 1.165) is 9.69 Å². The second-order valence-electron chi connectivity index (χ2n) is 6.10. The van der Waals surface area contributed by atoms with E-state index in [1.54, 1.807) is 24.3 Å². The van der Waals surface area contributed by atoms with Crippen molar-refractivity contribution >= 4 is 38.1 Å². The van der Waals surface area contributed by atoms with E-state index in [2.05, 4.69) is 5.32 Å². The van der Waals surface area contributed by atoms with Crippen LogP contribution in [0.5, 0.6) is 0 Å². The molecule has 1 aliphatic rings. The molecule has 5 nitrogen and oxygen atoms in total. The van der Waals surface area contributed by atoms with Gasteiger partial charge in [-0.25, -0.2) is 12.8 Å². The molecule has 132 valence electrons. The minimum absolute atomic E-state index is 0.201. The van der Waals surface area contributed by atoms with Gasteiger partial charge in [0.25, 0.3) is 10.0 Å². The summed E-state index contributed by atoms with van der Waals surface area (Å²) in [5.74, 6) is -0.912. The summed E-state index contributed by atoms with van der Waals surface area (Å²) < 4.78 is 40.2. The van der Waals surface area contributed by atoms with Crippen LogP contribution in [0.3, 0.4) is 0 Å². The number of amides is 1. The quantitative estimate of drug-likeness (QED) is 0.767. The first-order chi connectivity index (χ1) is 12.4. The van der Waals surface area contributed by atoms with Crippen molar-refractivity contribution in [3.63, 3.8) is 0 Å². The zero-order valence-electron chi connectivity index (χ0n) is 13.8. The molecule has 0 radical (unpaired) electrons. The van der Waals surface area contributed by atoms with Crippen molar-refractivity contribution < 1.29 is 17.6 Å². The Morgan fingerprint density at radius 3 is 2.38 bits per heavy atom. The van der Waals surface area contributed by atoms with Crippen molar-refractivity contribution in [3.05, 3.63) is 66.5 Å². The van der Waals surface area contributed by atoms with Crippen LogP contribution in [-0.2, 0) is 14.8 Å². The van der Waals surface area contributed by atoms with Crippen molar-refractivity contribution in [2.24, 2.45) is 0 Å². The highest BCUT2D eigenvalue weighted by molar-refractivity contribution is 7.93. The molecule has 0 unspecified atom stereocenters. The summed E-state index contributed by atoms with van der Waals surface area (Å²) >= 11 is 0. The van der Waals surface area contributed by atoms with Crippen LogP contribution in [-0.4, -0.2) is 20.4 Å². The van der Waals surface area contributed by atoms with Gasteiger partial charge in [-0.05, 0) is 48.7 Å². The van der Waals surface area contributed by atoms with Crippen LogP contribution in [0.25, 0.3) is 10.8 Å². The number of hydrogen-bond acceptors (Lipinski definition) is 3. The Morgan fingerprint density at radius 2 is 1.69 bits per heavy atom. The molecule has 1 heterocycles. The zero-order valence-corrected chi connectivity index (χ0v) is 14.6. The standard InChI is InChI=1S/C19H15FN2O3S/c1-12(19(23)21-15-10-8-14(20)9-11-15)22-16-6-2-4-13-5-3-7-17(18(13)16)26(22,24)25/h2-12H,1H3,(H,21,23)/t12-/m0/s1. The van der Waals surface area contributed by atoms with Crippen LogP contribution in [0, 0.1) is 5.82 Å². The zero-order chi connectivity index (χ0) is 18.5. The first kappa shape index (κ1) is 16.5.